The highest BCUT2D eigenvalue weighted by Gasteiger charge is 2.14. The minimum absolute atomic E-state index is 0.178. The Morgan fingerprint density at radius 3 is 2.31 bits per heavy atom. The van der Waals surface area contributed by atoms with Crippen LogP contribution in [0.5, 0.6) is 0 Å². The average Bonchev–Trinajstić information content (AvgIpc) is 3.10. The summed E-state index contributed by atoms with van der Waals surface area (Å²) in [6.45, 7) is 6.11. The van der Waals surface area contributed by atoms with E-state index < -0.39 is 0 Å². The number of hydrogen-bond acceptors (Lipinski definition) is 1. The minimum Gasteiger partial charge on any atom is -0.345 e. The third kappa shape index (κ3) is 4.63. The zero-order chi connectivity index (χ0) is 18.4. The lowest BCUT2D eigenvalue weighted by atomic mass is 10.1. The van der Waals surface area contributed by atoms with Gasteiger partial charge in [-0.2, -0.15) is 0 Å². The number of carbonyl (C=O) groups is 1. The average molecular weight is 346 g/mol. The van der Waals surface area contributed by atoms with Gasteiger partial charge in [-0.15, -0.1) is 0 Å². The molecule has 0 spiro atoms. The first-order valence-electron chi connectivity index (χ1n) is 9.17. The number of hydrogen-bond donors (Lipinski definition) is 0. The fourth-order valence-corrected chi connectivity index (χ4v) is 3.09. The summed E-state index contributed by atoms with van der Waals surface area (Å²) < 4.78 is 2.23. The monoisotopic (exact) mass is 346 g/mol. The van der Waals surface area contributed by atoms with E-state index in [1.165, 1.54) is 11.1 Å². The molecule has 0 aliphatic heterocycles. The Balaban J connectivity index is 1.76. The van der Waals surface area contributed by atoms with Crippen LogP contribution in [0.15, 0.2) is 72.9 Å². The fraction of sp³-hybridized carbons (Fsp3) is 0.261. The van der Waals surface area contributed by atoms with Gasteiger partial charge in [0.2, 0.25) is 5.91 Å². The van der Waals surface area contributed by atoms with E-state index in [-0.39, 0.29) is 5.91 Å². The van der Waals surface area contributed by atoms with Gasteiger partial charge in [-0.1, -0.05) is 67.1 Å². The van der Waals surface area contributed by atoms with Crippen LogP contribution >= 0.6 is 0 Å². The predicted octanol–water partition coefficient (Wildman–Crippen LogP) is 4.78. The number of aryl methyl sites for hydroxylation is 1. The molecule has 0 bridgehead atoms. The molecule has 3 nitrogen and oxygen atoms in total. The number of rotatable bonds is 7. The molecule has 3 aromatic rings. The first kappa shape index (κ1) is 18.0. The summed E-state index contributed by atoms with van der Waals surface area (Å²) in [6.07, 6.45) is 2.61. The smallest absolute Gasteiger partial charge is 0.222 e. The molecular weight excluding hydrogens is 320 g/mol. The second kappa shape index (κ2) is 8.52. The number of aromatic nitrogens is 1. The van der Waals surface area contributed by atoms with Gasteiger partial charge in [0.1, 0.15) is 0 Å². The largest absolute Gasteiger partial charge is 0.345 e. The normalized spacial score (nSPS) is 10.7. The molecule has 0 saturated carbocycles. The molecule has 0 fully saturated rings. The van der Waals surface area contributed by atoms with Crippen molar-refractivity contribution in [2.45, 2.75) is 39.9 Å². The third-order valence-corrected chi connectivity index (χ3v) is 4.62. The number of nitrogens with zero attached hydrogens (tertiary/aromatic N) is 2. The first-order valence-corrected chi connectivity index (χ1v) is 9.17. The topological polar surface area (TPSA) is 25.2 Å². The van der Waals surface area contributed by atoms with E-state index in [4.69, 9.17) is 0 Å². The van der Waals surface area contributed by atoms with E-state index in [1.807, 2.05) is 30.0 Å². The van der Waals surface area contributed by atoms with E-state index in [9.17, 15) is 4.79 Å². The van der Waals surface area contributed by atoms with Gasteiger partial charge in [0.15, 0.2) is 0 Å². The maximum atomic E-state index is 12.5. The third-order valence-electron chi connectivity index (χ3n) is 4.62. The van der Waals surface area contributed by atoms with Crippen molar-refractivity contribution < 1.29 is 4.79 Å². The quantitative estimate of drug-likeness (QED) is 0.604. The van der Waals surface area contributed by atoms with Crippen LogP contribution < -0.4 is 0 Å². The SMILES string of the molecule is CCC(=O)N(Cc1ccccc1)Cc1cccn1Cc1ccc(C)cc1. The Morgan fingerprint density at radius 1 is 0.885 bits per heavy atom. The van der Waals surface area contributed by atoms with Crippen molar-refractivity contribution in [3.05, 3.63) is 95.3 Å². The van der Waals surface area contributed by atoms with Gasteiger partial charge in [0.25, 0.3) is 0 Å². The molecule has 134 valence electrons. The van der Waals surface area contributed by atoms with E-state index in [0.29, 0.717) is 19.5 Å². The van der Waals surface area contributed by atoms with Gasteiger partial charge in [0.05, 0.1) is 6.54 Å². The van der Waals surface area contributed by atoms with Gasteiger partial charge >= 0.3 is 0 Å². The van der Waals surface area contributed by atoms with Crippen LogP contribution in [-0.4, -0.2) is 15.4 Å². The summed E-state index contributed by atoms with van der Waals surface area (Å²) in [5, 5.41) is 0. The molecule has 3 heteroatoms. The van der Waals surface area contributed by atoms with Crippen molar-refractivity contribution >= 4 is 5.91 Å². The summed E-state index contributed by atoms with van der Waals surface area (Å²) in [5.74, 6) is 0.178. The molecule has 0 N–H and O–H groups in total. The second-order valence-corrected chi connectivity index (χ2v) is 6.70. The van der Waals surface area contributed by atoms with Crippen LogP contribution in [-0.2, 0) is 24.4 Å². The van der Waals surface area contributed by atoms with Gasteiger partial charge in [-0.3, -0.25) is 4.79 Å². The van der Waals surface area contributed by atoms with Gasteiger partial charge in [-0.25, -0.2) is 0 Å². The molecule has 0 unspecified atom stereocenters. The molecule has 3 rings (SSSR count). The lowest BCUT2D eigenvalue weighted by Crippen LogP contribution is -2.30. The molecule has 0 aliphatic carbocycles. The maximum Gasteiger partial charge on any atom is 0.222 e. The van der Waals surface area contributed by atoms with Crippen LogP contribution in [0.3, 0.4) is 0 Å². The minimum atomic E-state index is 0.178. The second-order valence-electron chi connectivity index (χ2n) is 6.70. The van der Waals surface area contributed by atoms with Crippen molar-refractivity contribution in [2.24, 2.45) is 0 Å². The lowest BCUT2D eigenvalue weighted by molar-refractivity contribution is -0.132. The molecule has 0 radical (unpaired) electrons. The first-order chi connectivity index (χ1) is 12.7. The summed E-state index contributed by atoms with van der Waals surface area (Å²) in [6, 6.07) is 23.0. The number of benzene rings is 2. The zero-order valence-corrected chi connectivity index (χ0v) is 15.6. The predicted molar refractivity (Wildman–Crippen MR) is 106 cm³/mol. The molecule has 0 atom stereocenters. The Labute approximate surface area is 155 Å². The van der Waals surface area contributed by atoms with Crippen LogP contribution in [0.1, 0.15) is 35.7 Å². The summed E-state index contributed by atoms with van der Waals surface area (Å²) in [5.41, 5.74) is 4.85. The van der Waals surface area contributed by atoms with E-state index in [1.54, 1.807) is 0 Å². The molecule has 2 aromatic carbocycles. The summed E-state index contributed by atoms with van der Waals surface area (Å²) >= 11 is 0. The van der Waals surface area contributed by atoms with Crippen LogP contribution in [0, 0.1) is 6.92 Å². The number of carbonyl (C=O) groups excluding carboxylic acids is 1. The maximum absolute atomic E-state index is 12.5. The zero-order valence-electron chi connectivity index (χ0n) is 15.6. The van der Waals surface area contributed by atoms with Gasteiger partial charge in [-0.05, 0) is 30.2 Å². The van der Waals surface area contributed by atoms with Crippen molar-refractivity contribution in [3.63, 3.8) is 0 Å². The molecule has 26 heavy (non-hydrogen) atoms. The van der Waals surface area contributed by atoms with E-state index in [0.717, 1.165) is 17.8 Å². The highest BCUT2D eigenvalue weighted by Crippen LogP contribution is 2.14. The van der Waals surface area contributed by atoms with Gasteiger partial charge < -0.3 is 9.47 Å². The standard InChI is InChI=1S/C23H26N2O/c1-3-23(26)25(17-20-8-5-4-6-9-20)18-22-10-7-15-24(22)16-21-13-11-19(2)12-14-21/h4-15H,3,16-18H2,1-2H3. The van der Waals surface area contributed by atoms with Gasteiger partial charge in [0, 0.05) is 31.4 Å². The molecule has 1 amide bonds. The van der Waals surface area contributed by atoms with Crippen LogP contribution in [0.2, 0.25) is 0 Å². The molecule has 1 aromatic heterocycles. The molecular formula is C23H26N2O. The highest BCUT2D eigenvalue weighted by atomic mass is 16.2. The summed E-state index contributed by atoms with van der Waals surface area (Å²) in [7, 11) is 0. The van der Waals surface area contributed by atoms with Crippen molar-refractivity contribution in [2.75, 3.05) is 0 Å². The molecule has 0 aliphatic rings. The Bertz CT molecular complexity index is 834. The fourth-order valence-electron chi connectivity index (χ4n) is 3.09. The van der Waals surface area contributed by atoms with Crippen molar-refractivity contribution in [1.29, 1.82) is 0 Å². The van der Waals surface area contributed by atoms with E-state index in [2.05, 4.69) is 66.2 Å². The Morgan fingerprint density at radius 2 is 1.62 bits per heavy atom. The molecule has 0 saturated heterocycles. The summed E-state index contributed by atoms with van der Waals surface area (Å²) in [4.78, 5) is 14.4. The van der Waals surface area contributed by atoms with Crippen LogP contribution in [0.4, 0.5) is 0 Å². The van der Waals surface area contributed by atoms with E-state index >= 15 is 0 Å². The highest BCUT2D eigenvalue weighted by molar-refractivity contribution is 5.75. The molecule has 1 heterocycles. The number of amides is 1. The Kier molecular flexibility index (Phi) is 5.90. The van der Waals surface area contributed by atoms with Crippen molar-refractivity contribution in [3.8, 4) is 0 Å². The van der Waals surface area contributed by atoms with Crippen molar-refractivity contribution in [1.82, 2.24) is 9.47 Å². The Hall–Kier alpha value is -2.81. The lowest BCUT2D eigenvalue weighted by Gasteiger charge is -2.23. The van der Waals surface area contributed by atoms with Crippen LogP contribution in [0.25, 0.3) is 0 Å².